The molecule has 2 N–H and O–H groups in total. The Morgan fingerprint density at radius 3 is 2.37 bits per heavy atom. The van der Waals surface area contributed by atoms with Gasteiger partial charge in [0, 0.05) is 30.7 Å². The molecular weight excluding hydrogens is 422 g/mol. The third-order valence-electron chi connectivity index (χ3n) is 4.27. The van der Waals surface area contributed by atoms with E-state index in [1.165, 1.54) is 0 Å². The van der Waals surface area contributed by atoms with Crippen LogP contribution in [0.5, 0.6) is 0 Å². The second-order valence-corrected chi connectivity index (χ2v) is 7.86. The molecule has 1 atom stereocenters. The van der Waals surface area contributed by atoms with E-state index in [0.29, 0.717) is 11.8 Å². The fourth-order valence-corrected chi connectivity index (χ4v) is 3.71. The monoisotopic (exact) mass is 449 g/mol. The van der Waals surface area contributed by atoms with E-state index in [1.807, 2.05) is 6.08 Å². The van der Waals surface area contributed by atoms with Gasteiger partial charge in [-0.3, -0.25) is 9.59 Å². The molecule has 0 bridgehead atoms. The summed E-state index contributed by atoms with van der Waals surface area (Å²) in [5.41, 5.74) is 0. The Hall–Kier alpha value is -2.03. The molecule has 1 rings (SSSR count). The number of carboxylic acids is 1. The minimum absolute atomic E-state index is 0.00976. The summed E-state index contributed by atoms with van der Waals surface area (Å²) >= 11 is 0.488. The molecule has 1 unspecified atom stereocenters. The summed E-state index contributed by atoms with van der Waals surface area (Å²) in [6, 6.07) is -0.616. The van der Waals surface area contributed by atoms with Crippen LogP contribution >= 0.6 is 11.8 Å². The van der Waals surface area contributed by atoms with Crippen LogP contribution in [-0.4, -0.2) is 28.8 Å². The van der Waals surface area contributed by atoms with Crippen molar-refractivity contribution in [3.05, 3.63) is 41.5 Å². The van der Waals surface area contributed by atoms with Gasteiger partial charge in [-0.05, 0) is 19.3 Å². The predicted octanol–water partition coefficient (Wildman–Crippen LogP) is 5.60. The Kier molecular flexibility index (Phi) is 12.2. The molecule has 1 aromatic rings. The van der Waals surface area contributed by atoms with Crippen molar-refractivity contribution in [2.75, 3.05) is 5.75 Å². The summed E-state index contributed by atoms with van der Waals surface area (Å²) in [6.45, 7) is 2.12. The standard InChI is InChI=1S/C21H27F4NO3S/c1-2-3-4-5-6-7-8-9-17(27)26-14(10-11-18(28)29)13-30-21-19(24)15(22)12-16(23)20(21)25/h7-8,12,14H,2-6,9-11,13H2,1H3,(H,26,27)(H,28,29)/b8-7+. The van der Waals surface area contributed by atoms with Crippen LogP contribution < -0.4 is 5.32 Å². The van der Waals surface area contributed by atoms with E-state index in [9.17, 15) is 27.2 Å². The van der Waals surface area contributed by atoms with Crippen molar-refractivity contribution in [1.29, 1.82) is 0 Å². The van der Waals surface area contributed by atoms with Crippen molar-refractivity contribution in [3.8, 4) is 0 Å². The van der Waals surface area contributed by atoms with E-state index in [2.05, 4.69) is 12.2 Å². The van der Waals surface area contributed by atoms with Gasteiger partial charge < -0.3 is 10.4 Å². The number of allylic oxidation sites excluding steroid dienone is 1. The van der Waals surface area contributed by atoms with Crippen LogP contribution in [0.15, 0.2) is 23.1 Å². The van der Waals surface area contributed by atoms with Crippen molar-refractivity contribution in [2.45, 2.75) is 69.2 Å². The maximum atomic E-state index is 13.8. The highest BCUT2D eigenvalue weighted by molar-refractivity contribution is 7.99. The lowest BCUT2D eigenvalue weighted by atomic mass is 10.1. The number of thioether (sulfide) groups is 1. The van der Waals surface area contributed by atoms with Gasteiger partial charge in [0.2, 0.25) is 5.91 Å². The van der Waals surface area contributed by atoms with E-state index in [4.69, 9.17) is 5.11 Å². The first-order valence-corrected chi connectivity index (χ1v) is 10.9. The smallest absolute Gasteiger partial charge is 0.303 e. The lowest BCUT2D eigenvalue weighted by Gasteiger charge is -2.18. The molecule has 1 aromatic carbocycles. The SMILES string of the molecule is CCCCCC/C=C/CC(=O)NC(CCC(=O)O)CSc1c(F)c(F)cc(F)c1F. The Labute approximate surface area is 178 Å². The third kappa shape index (κ3) is 9.65. The molecule has 4 nitrogen and oxygen atoms in total. The molecule has 9 heteroatoms. The van der Waals surface area contributed by atoms with Crippen LogP contribution in [0, 0.1) is 23.3 Å². The Balaban J connectivity index is 2.64. The molecule has 168 valence electrons. The first-order chi connectivity index (χ1) is 14.3. The Morgan fingerprint density at radius 2 is 1.77 bits per heavy atom. The largest absolute Gasteiger partial charge is 0.481 e. The molecule has 1 amide bonds. The van der Waals surface area contributed by atoms with E-state index < -0.39 is 40.2 Å². The molecular formula is C21H27F4NO3S. The number of halogens is 4. The van der Waals surface area contributed by atoms with Crippen LogP contribution in [0.1, 0.15) is 58.3 Å². The number of amides is 1. The zero-order valence-corrected chi connectivity index (χ0v) is 17.7. The van der Waals surface area contributed by atoms with Crippen LogP contribution in [0.3, 0.4) is 0 Å². The van der Waals surface area contributed by atoms with Gasteiger partial charge in [-0.2, -0.15) is 0 Å². The van der Waals surface area contributed by atoms with Gasteiger partial charge in [-0.25, -0.2) is 17.6 Å². The van der Waals surface area contributed by atoms with E-state index in [-0.39, 0.29) is 37.0 Å². The lowest BCUT2D eigenvalue weighted by Crippen LogP contribution is -2.36. The summed E-state index contributed by atoms with van der Waals surface area (Å²) in [7, 11) is 0. The second kappa shape index (κ2) is 14.1. The molecule has 0 aliphatic rings. The van der Waals surface area contributed by atoms with Gasteiger partial charge in [0.1, 0.15) is 0 Å². The Morgan fingerprint density at radius 1 is 1.10 bits per heavy atom. The maximum Gasteiger partial charge on any atom is 0.303 e. The average Bonchev–Trinajstić information content (AvgIpc) is 2.69. The number of carbonyl (C=O) groups excluding carboxylic acids is 1. The summed E-state index contributed by atoms with van der Waals surface area (Å²) in [5.74, 6) is -7.70. The fraction of sp³-hybridized carbons (Fsp3) is 0.524. The summed E-state index contributed by atoms with van der Waals surface area (Å²) in [6.07, 6.45) is 8.73. The molecule has 0 saturated heterocycles. The van der Waals surface area contributed by atoms with Crippen LogP contribution in [0.4, 0.5) is 17.6 Å². The predicted molar refractivity (Wildman–Crippen MR) is 108 cm³/mol. The van der Waals surface area contributed by atoms with Gasteiger partial charge >= 0.3 is 5.97 Å². The maximum absolute atomic E-state index is 13.8. The average molecular weight is 450 g/mol. The first kappa shape index (κ1) is 26.0. The van der Waals surface area contributed by atoms with Crippen molar-refractivity contribution in [1.82, 2.24) is 5.32 Å². The van der Waals surface area contributed by atoms with Gasteiger partial charge in [-0.1, -0.05) is 38.3 Å². The number of hydrogen-bond acceptors (Lipinski definition) is 3. The molecule has 0 aliphatic heterocycles. The second-order valence-electron chi connectivity index (χ2n) is 6.83. The molecule has 0 fully saturated rings. The lowest BCUT2D eigenvalue weighted by molar-refractivity contribution is -0.137. The highest BCUT2D eigenvalue weighted by Gasteiger charge is 2.22. The normalized spacial score (nSPS) is 12.3. The van der Waals surface area contributed by atoms with Gasteiger partial charge in [0.25, 0.3) is 0 Å². The highest BCUT2D eigenvalue weighted by Crippen LogP contribution is 2.29. The summed E-state index contributed by atoms with van der Waals surface area (Å²) < 4.78 is 54.2. The topological polar surface area (TPSA) is 66.4 Å². The summed E-state index contributed by atoms with van der Waals surface area (Å²) in [5, 5.41) is 11.5. The van der Waals surface area contributed by atoms with Crippen molar-refractivity contribution >= 4 is 23.6 Å². The van der Waals surface area contributed by atoms with Crippen LogP contribution in [0.2, 0.25) is 0 Å². The van der Waals surface area contributed by atoms with E-state index >= 15 is 0 Å². The number of carbonyl (C=O) groups is 2. The quantitative estimate of drug-likeness (QED) is 0.128. The number of aliphatic carboxylic acids is 1. The fourth-order valence-electron chi connectivity index (χ4n) is 2.64. The molecule has 0 heterocycles. The zero-order valence-electron chi connectivity index (χ0n) is 16.9. The van der Waals surface area contributed by atoms with Crippen LogP contribution in [-0.2, 0) is 9.59 Å². The number of hydrogen-bond donors (Lipinski definition) is 2. The first-order valence-electron chi connectivity index (χ1n) is 9.88. The molecule has 0 aromatic heterocycles. The molecule has 30 heavy (non-hydrogen) atoms. The molecule has 0 aliphatic carbocycles. The van der Waals surface area contributed by atoms with Crippen LogP contribution in [0.25, 0.3) is 0 Å². The number of rotatable bonds is 14. The van der Waals surface area contributed by atoms with Gasteiger partial charge in [-0.15, -0.1) is 11.8 Å². The Bertz CT molecular complexity index is 717. The molecule has 0 radical (unpaired) electrons. The third-order valence-corrected chi connectivity index (χ3v) is 5.48. The van der Waals surface area contributed by atoms with Crippen molar-refractivity contribution < 1.29 is 32.3 Å². The van der Waals surface area contributed by atoms with Gasteiger partial charge in [0.05, 0.1) is 4.90 Å². The molecule has 0 spiro atoms. The zero-order chi connectivity index (χ0) is 22.5. The number of carboxylic acid groups (broad SMARTS) is 1. The number of unbranched alkanes of at least 4 members (excludes halogenated alkanes) is 4. The highest BCUT2D eigenvalue weighted by atomic mass is 32.2. The number of nitrogens with one attached hydrogen (secondary N) is 1. The summed E-state index contributed by atoms with van der Waals surface area (Å²) in [4.78, 5) is 22.1. The van der Waals surface area contributed by atoms with Crippen molar-refractivity contribution in [2.24, 2.45) is 0 Å². The minimum Gasteiger partial charge on any atom is -0.481 e. The van der Waals surface area contributed by atoms with E-state index in [1.54, 1.807) is 6.08 Å². The van der Waals surface area contributed by atoms with Gasteiger partial charge in [0.15, 0.2) is 23.3 Å². The van der Waals surface area contributed by atoms with Crippen molar-refractivity contribution in [3.63, 3.8) is 0 Å². The number of benzene rings is 1. The van der Waals surface area contributed by atoms with E-state index in [0.717, 1.165) is 32.1 Å². The molecule has 0 saturated carbocycles. The minimum atomic E-state index is -1.52.